The third-order valence-electron chi connectivity index (χ3n) is 2.80. The lowest BCUT2D eigenvalue weighted by Gasteiger charge is -2.24. The molecule has 1 atom stereocenters. The van der Waals surface area contributed by atoms with Crippen LogP contribution in [0.3, 0.4) is 0 Å². The van der Waals surface area contributed by atoms with Crippen molar-refractivity contribution < 1.29 is 4.79 Å². The molecule has 0 radical (unpaired) electrons. The minimum atomic E-state index is -0.153. The molecular weight excluding hydrogens is 214 g/mol. The third-order valence-corrected chi connectivity index (χ3v) is 2.80. The van der Waals surface area contributed by atoms with Crippen LogP contribution >= 0.6 is 0 Å². The van der Waals surface area contributed by atoms with Gasteiger partial charge in [0, 0.05) is 12.2 Å². The van der Waals surface area contributed by atoms with E-state index < -0.39 is 0 Å². The number of aryl methyl sites for hydroxylation is 1. The normalized spacial score (nSPS) is 12.2. The zero-order valence-corrected chi connectivity index (χ0v) is 11.0. The number of likely N-dealkylation sites (N-methyl/N-ethyl adjacent to an activating group) is 2. The van der Waals surface area contributed by atoms with Gasteiger partial charge in [-0.3, -0.25) is 9.78 Å². The van der Waals surface area contributed by atoms with E-state index in [0.717, 1.165) is 11.4 Å². The number of nitrogens with one attached hydrogen (secondary N) is 1. The highest BCUT2D eigenvalue weighted by Crippen LogP contribution is 2.05. The molecule has 17 heavy (non-hydrogen) atoms. The summed E-state index contributed by atoms with van der Waals surface area (Å²) >= 11 is 0. The number of hydrogen-bond donors (Lipinski definition) is 1. The molecule has 1 rings (SSSR count). The van der Waals surface area contributed by atoms with E-state index in [-0.39, 0.29) is 11.9 Å². The van der Waals surface area contributed by atoms with Crippen molar-refractivity contribution >= 4 is 5.91 Å². The molecule has 0 aliphatic heterocycles. The van der Waals surface area contributed by atoms with Gasteiger partial charge in [-0.15, -0.1) is 0 Å². The summed E-state index contributed by atoms with van der Waals surface area (Å²) in [6.45, 7) is 7.08. The number of hydrogen-bond acceptors (Lipinski definition) is 3. The standard InChI is InChI=1S/C13H21N3O/c1-5-16(13(17)11(3)14-4)9-12-8-6-7-10(2)15-12/h6-8,11,14H,5,9H2,1-4H3. The number of pyridine rings is 1. The van der Waals surface area contributed by atoms with E-state index in [2.05, 4.69) is 10.3 Å². The van der Waals surface area contributed by atoms with E-state index >= 15 is 0 Å². The average Bonchev–Trinajstić information content (AvgIpc) is 2.34. The minimum Gasteiger partial charge on any atom is -0.336 e. The van der Waals surface area contributed by atoms with Gasteiger partial charge in [0.1, 0.15) is 0 Å². The molecule has 0 saturated carbocycles. The van der Waals surface area contributed by atoms with Crippen molar-refractivity contribution in [3.8, 4) is 0 Å². The largest absolute Gasteiger partial charge is 0.336 e. The van der Waals surface area contributed by atoms with Crippen molar-refractivity contribution in [2.24, 2.45) is 0 Å². The van der Waals surface area contributed by atoms with Crippen LogP contribution in [0.4, 0.5) is 0 Å². The van der Waals surface area contributed by atoms with Crippen molar-refractivity contribution in [2.75, 3.05) is 13.6 Å². The number of carbonyl (C=O) groups is 1. The van der Waals surface area contributed by atoms with E-state index in [0.29, 0.717) is 13.1 Å². The first-order chi connectivity index (χ1) is 8.08. The van der Waals surface area contributed by atoms with E-state index in [1.54, 1.807) is 7.05 Å². The first kappa shape index (κ1) is 13.6. The molecule has 1 heterocycles. The van der Waals surface area contributed by atoms with Gasteiger partial charge in [0.15, 0.2) is 0 Å². The zero-order valence-electron chi connectivity index (χ0n) is 11.0. The third kappa shape index (κ3) is 3.82. The molecule has 0 bridgehead atoms. The monoisotopic (exact) mass is 235 g/mol. The Hall–Kier alpha value is -1.42. The van der Waals surface area contributed by atoms with Gasteiger partial charge >= 0.3 is 0 Å². The first-order valence-corrected chi connectivity index (χ1v) is 5.97. The van der Waals surface area contributed by atoms with Gasteiger partial charge in [-0.2, -0.15) is 0 Å². The maximum Gasteiger partial charge on any atom is 0.239 e. The number of aromatic nitrogens is 1. The zero-order chi connectivity index (χ0) is 12.8. The highest BCUT2D eigenvalue weighted by molar-refractivity contribution is 5.81. The Kier molecular flexibility index (Phi) is 5.10. The fourth-order valence-corrected chi connectivity index (χ4v) is 1.63. The van der Waals surface area contributed by atoms with Crippen LogP contribution in [-0.4, -0.2) is 35.4 Å². The van der Waals surface area contributed by atoms with Crippen molar-refractivity contribution in [2.45, 2.75) is 33.4 Å². The fraction of sp³-hybridized carbons (Fsp3) is 0.538. The van der Waals surface area contributed by atoms with E-state index in [1.807, 2.05) is 43.9 Å². The molecule has 4 nitrogen and oxygen atoms in total. The van der Waals surface area contributed by atoms with Gasteiger partial charge < -0.3 is 10.2 Å². The van der Waals surface area contributed by atoms with Crippen molar-refractivity contribution in [1.29, 1.82) is 0 Å². The lowest BCUT2D eigenvalue weighted by molar-refractivity contribution is -0.133. The number of nitrogens with zero attached hydrogens (tertiary/aromatic N) is 2. The lowest BCUT2D eigenvalue weighted by atomic mass is 10.2. The van der Waals surface area contributed by atoms with Gasteiger partial charge in [-0.1, -0.05) is 6.07 Å². The topological polar surface area (TPSA) is 45.2 Å². The highest BCUT2D eigenvalue weighted by Gasteiger charge is 2.18. The molecule has 1 aromatic heterocycles. The summed E-state index contributed by atoms with van der Waals surface area (Å²) in [4.78, 5) is 18.3. The van der Waals surface area contributed by atoms with Crippen molar-refractivity contribution in [3.05, 3.63) is 29.6 Å². The summed E-state index contributed by atoms with van der Waals surface area (Å²) in [5, 5.41) is 2.97. The molecule has 0 fully saturated rings. The Balaban J connectivity index is 2.73. The molecule has 0 spiro atoms. The molecule has 4 heteroatoms. The molecule has 0 aliphatic rings. The summed E-state index contributed by atoms with van der Waals surface area (Å²) in [7, 11) is 1.79. The number of rotatable bonds is 5. The molecular formula is C13H21N3O. The Bertz CT molecular complexity index is 379. The summed E-state index contributed by atoms with van der Waals surface area (Å²) < 4.78 is 0. The van der Waals surface area contributed by atoms with E-state index in [4.69, 9.17) is 0 Å². The van der Waals surface area contributed by atoms with E-state index in [9.17, 15) is 4.79 Å². The second-order valence-corrected chi connectivity index (χ2v) is 4.13. The molecule has 1 amide bonds. The first-order valence-electron chi connectivity index (χ1n) is 5.97. The smallest absolute Gasteiger partial charge is 0.239 e. The maximum atomic E-state index is 12.0. The van der Waals surface area contributed by atoms with Gasteiger partial charge in [0.05, 0.1) is 18.3 Å². The van der Waals surface area contributed by atoms with Crippen LogP contribution in [0.25, 0.3) is 0 Å². The predicted octanol–water partition coefficient (Wildman–Crippen LogP) is 1.35. The number of amides is 1. The van der Waals surface area contributed by atoms with Gasteiger partial charge in [0.25, 0.3) is 0 Å². The van der Waals surface area contributed by atoms with Crippen LogP contribution in [0.15, 0.2) is 18.2 Å². The summed E-state index contributed by atoms with van der Waals surface area (Å²) in [5.41, 5.74) is 1.91. The van der Waals surface area contributed by atoms with Crippen LogP contribution in [0, 0.1) is 6.92 Å². The number of carbonyl (C=O) groups excluding carboxylic acids is 1. The molecule has 1 aromatic rings. The van der Waals surface area contributed by atoms with E-state index in [1.165, 1.54) is 0 Å². The van der Waals surface area contributed by atoms with Crippen molar-refractivity contribution in [3.63, 3.8) is 0 Å². The molecule has 94 valence electrons. The van der Waals surface area contributed by atoms with Crippen LogP contribution < -0.4 is 5.32 Å². The molecule has 0 saturated heterocycles. The minimum absolute atomic E-state index is 0.110. The van der Waals surface area contributed by atoms with Crippen LogP contribution in [-0.2, 0) is 11.3 Å². The summed E-state index contributed by atoms with van der Waals surface area (Å²) in [5.74, 6) is 0.110. The second kappa shape index (κ2) is 6.35. The Morgan fingerprint density at radius 1 is 1.53 bits per heavy atom. The molecule has 0 aliphatic carbocycles. The quantitative estimate of drug-likeness (QED) is 0.838. The molecule has 1 unspecified atom stereocenters. The van der Waals surface area contributed by atoms with Crippen LogP contribution in [0.5, 0.6) is 0 Å². The second-order valence-electron chi connectivity index (χ2n) is 4.13. The van der Waals surface area contributed by atoms with Crippen molar-refractivity contribution in [1.82, 2.24) is 15.2 Å². The molecule has 1 N–H and O–H groups in total. The summed E-state index contributed by atoms with van der Waals surface area (Å²) in [6, 6.07) is 5.72. The predicted molar refractivity (Wildman–Crippen MR) is 68.6 cm³/mol. The summed E-state index contributed by atoms with van der Waals surface area (Å²) in [6.07, 6.45) is 0. The average molecular weight is 235 g/mol. The fourth-order valence-electron chi connectivity index (χ4n) is 1.63. The Morgan fingerprint density at radius 2 is 2.24 bits per heavy atom. The lowest BCUT2D eigenvalue weighted by Crippen LogP contribution is -2.43. The molecule has 0 aromatic carbocycles. The highest BCUT2D eigenvalue weighted by atomic mass is 16.2. The van der Waals surface area contributed by atoms with Crippen LogP contribution in [0.2, 0.25) is 0 Å². The Labute approximate surface area is 103 Å². The van der Waals surface area contributed by atoms with Gasteiger partial charge in [0.2, 0.25) is 5.91 Å². The van der Waals surface area contributed by atoms with Gasteiger partial charge in [-0.25, -0.2) is 0 Å². The van der Waals surface area contributed by atoms with Crippen LogP contribution in [0.1, 0.15) is 25.2 Å². The SMILES string of the molecule is CCN(Cc1cccc(C)n1)C(=O)C(C)NC. The maximum absolute atomic E-state index is 12.0. The Morgan fingerprint density at radius 3 is 2.76 bits per heavy atom. The van der Waals surface area contributed by atoms with Gasteiger partial charge in [-0.05, 0) is 40.0 Å².